The van der Waals surface area contributed by atoms with Gasteiger partial charge in [0, 0.05) is 31.7 Å². The molecule has 0 aromatic heterocycles. The van der Waals surface area contributed by atoms with Gasteiger partial charge >= 0.3 is 0 Å². The van der Waals surface area contributed by atoms with Gasteiger partial charge in [0.2, 0.25) is 0 Å². The number of rotatable bonds is 8. The van der Waals surface area contributed by atoms with Gasteiger partial charge in [-0.05, 0) is 32.2 Å². The SMILES string of the molecule is OCCCN1CCCCC1CCOCCCl. The molecule has 1 unspecified atom stereocenters. The van der Waals surface area contributed by atoms with E-state index < -0.39 is 0 Å². The molecule has 0 radical (unpaired) electrons. The van der Waals surface area contributed by atoms with E-state index in [1.165, 1.54) is 25.8 Å². The Bertz CT molecular complexity index is 169. The number of hydrogen-bond acceptors (Lipinski definition) is 3. The monoisotopic (exact) mass is 249 g/mol. The highest BCUT2D eigenvalue weighted by atomic mass is 35.5. The van der Waals surface area contributed by atoms with Crippen molar-refractivity contribution in [3.05, 3.63) is 0 Å². The normalized spacial score (nSPS) is 22.5. The summed E-state index contributed by atoms with van der Waals surface area (Å²) in [7, 11) is 0. The van der Waals surface area contributed by atoms with E-state index in [-0.39, 0.29) is 0 Å². The Morgan fingerprint density at radius 1 is 1.31 bits per heavy atom. The molecule has 0 aliphatic carbocycles. The third-order valence-corrected chi connectivity index (χ3v) is 3.32. The van der Waals surface area contributed by atoms with Crippen LogP contribution in [0.5, 0.6) is 0 Å². The van der Waals surface area contributed by atoms with Crippen molar-refractivity contribution in [1.29, 1.82) is 0 Å². The van der Waals surface area contributed by atoms with Crippen LogP contribution in [0.4, 0.5) is 0 Å². The van der Waals surface area contributed by atoms with E-state index in [0.717, 1.165) is 26.0 Å². The van der Waals surface area contributed by atoms with E-state index in [4.69, 9.17) is 21.4 Å². The number of halogens is 1. The molecular weight excluding hydrogens is 226 g/mol. The van der Waals surface area contributed by atoms with Gasteiger partial charge in [-0.1, -0.05) is 6.42 Å². The molecule has 1 aliphatic heterocycles. The average Bonchev–Trinajstić information content (AvgIpc) is 2.33. The van der Waals surface area contributed by atoms with Crippen molar-refractivity contribution in [2.24, 2.45) is 0 Å². The fraction of sp³-hybridized carbons (Fsp3) is 1.00. The molecule has 1 N–H and O–H groups in total. The Hall–Kier alpha value is 0.170. The Morgan fingerprint density at radius 3 is 2.94 bits per heavy atom. The van der Waals surface area contributed by atoms with Crippen molar-refractivity contribution in [2.75, 3.05) is 38.8 Å². The van der Waals surface area contributed by atoms with Gasteiger partial charge in [0.05, 0.1) is 6.61 Å². The molecule has 0 saturated carbocycles. The zero-order chi connectivity index (χ0) is 11.6. The number of aliphatic hydroxyl groups is 1. The van der Waals surface area contributed by atoms with Gasteiger partial charge in [-0.3, -0.25) is 0 Å². The minimum atomic E-state index is 0.298. The third-order valence-electron chi connectivity index (χ3n) is 3.17. The quantitative estimate of drug-likeness (QED) is 0.527. The van der Waals surface area contributed by atoms with Crippen LogP contribution in [0, 0.1) is 0 Å². The van der Waals surface area contributed by atoms with Crippen LogP contribution in [0.15, 0.2) is 0 Å². The Labute approximate surface area is 104 Å². The molecule has 1 rings (SSSR count). The zero-order valence-corrected chi connectivity index (χ0v) is 10.8. The average molecular weight is 250 g/mol. The maximum atomic E-state index is 8.86. The molecule has 4 heteroatoms. The van der Waals surface area contributed by atoms with Crippen molar-refractivity contribution in [1.82, 2.24) is 4.90 Å². The Morgan fingerprint density at radius 2 is 2.19 bits per heavy atom. The third kappa shape index (κ3) is 5.48. The predicted octanol–water partition coefficient (Wildman–Crippen LogP) is 1.87. The van der Waals surface area contributed by atoms with Crippen molar-refractivity contribution < 1.29 is 9.84 Å². The molecule has 0 aromatic rings. The number of alkyl halides is 1. The molecule has 0 aromatic carbocycles. The van der Waals surface area contributed by atoms with E-state index >= 15 is 0 Å². The highest BCUT2D eigenvalue weighted by Crippen LogP contribution is 2.19. The van der Waals surface area contributed by atoms with Crippen LogP contribution in [0.25, 0.3) is 0 Å². The number of piperidine rings is 1. The van der Waals surface area contributed by atoms with Crippen LogP contribution in [0.3, 0.4) is 0 Å². The van der Waals surface area contributed by atoms with Gasteiger partial charge in [0.25, 0.3) is 0 Å². The summed E-state index contributed by atoms with van der Waals surface area (Å²) in [6, 6.07) is 0.649. The molecule has 0 spiro atoms. The second-order valence-corrected chi connectivity index (χ2v) is 4.73. The van der Waals surface area contributed by atoms with Gasteiger partial charge in [-0.2, -0.15) is 0 Å². The lowest BCUT2D eigenvalue weighted by Gasteiger charge is -2.35. The second kappa shape index (κ2) is 9.23. The summed E-state index contributed by atoms with van der Waals surface area (Å²) in [5, 5.41) is 8.86. The number of aliphatic hydroxyl groups excluding tert-OH is 1. The van der Waals surface area contributed by atoms with Gasteiger partial charge in [-0.15, -0.1) is 11.6 Å². The van der Waals surface area contributed by atoms with Crippen molar-refractivity contribution >= 4 is 11.6 Å². The molecule has 3 nitrogen and oxygen atoms in total. The minimum Gasteiger partial charge on any atom is -0.396 e. The van der Waals surface area contributed by atoms with E-state index in [1.807, 2.05) is 0 Å². The number of ether oxygens (including phenoxy) is 1. The van der Waals surface area contributed by atoms with Crippen LogP contribution in [0.1, 0.15) is 32.1 Å². The van der Waals surface area contributed by atoms with Crippen LogP contribution >= 0.6 is 11.6 Å². The summed E-state index contributed by atoms with van der Waals surface area (Å²) in [4.78, 5) is 2.50. The van der Waals surface area contributed by atoms with Crippen LogP contribution in [0.2, 0.25) is 0 Å². The largest absolute Gasteiger partial charge is 0.396 e. The van der Waals surface area contributed by atoms with Gasteiger partial charge in [-0.25, -0.2) is 0 Å². The Kier molecular flexibility index (Phi) is 8.21. The van der Waals surface area contributed by atoms with E-state index in [9.17, 15) is 0 Å². The molecule has 96 valence electrons. The fourth-order valence-electron chi connectivity index (χ4n) is 2.33. The lowest BCUT2D eigenvalue weighted by Crippen LogP contribution is -2.41. The lowest BCUT2D eigenvalue weighted by molar-refractivity contribution is 0.0824. The molecule has 1 saturated heterocycles. The van der Waals surface area contributed by atoms with Gasteiger partial charge in [0.15, 0.2) is 0 Å². The highest BCUT2D eigenvalue weighted by Gasteiger charge is 2.21. The van der Waals surface area contributed by atoms with E-state index in [1.54, 1.807) is 0 Å². The summed E-state index contributed by atoms with van der Waals surface area (Å²) >= 11 is 5.56. The lowest BCUT2D eigenvalue weighted by atomic mass is 9.99. The summed E-state index contributed by atoms with van der Waals surface area (Å²) in [6.07, 6.45) is 5.89. The van der Waals surface area contributed by atoms with Gasteiger partial charge in [0.1, 0.15) is 0 Å². The molecular formula is C12H24ClNO2. The van der Waals surface area contributed by atoms with Crippen molar-refractivity contribution in [3.8, 4) is 0 Å². The van der Waals surface area contributed by atoms with Crippen LogP contribution < -0.4 is 0 Å². The topological polar surface area (TPSA) is 32.7 Å². The first-order valence-corrected chi connectivity index (χ1v) is 6.90. The van der Waals surface area contributed by atoms with E-state index in [0.29, 0.717) is 25.1 Å². The standard InChI is InChI=1S/C12H24ClNO2/c13-6-11-16-10-5-12-4-1-2-7-14(12)8-3-9-15/h12,15H,1-11H2. The maximum Gasteiger partial charge on any atom is 0.0601 e. The molecule has 16 heavy (non-hydrogen) atoms. The van der Waals surface area contributed by atoms with E-state index in [2.05, 4.69) is 4.90 Å². The number of nitrogens with zero attached hydrogens (tertiary/aromatic N) is 1. The summed E-state index contributed by atoms with van der Waals surface area (Å²) in [5.41, 5.74) is 0. The second-order valence-electron chi connectivity index (χ2n) is 4.35. The smallest absolute Gasteiger partial charge is 0.0601 e. The van der Waals surface area contributed by atoms with Crippen LogP contribution in [-0.2, 0) is 4.74 Å². The number of likely N-dealkylation sites (tertiary alicyclic amines) is 1. The summed E-state index contributed by atoms with van der Waals surface area (Å²) in [5.74, 6) is 0.582. The first-order chi connectivity index (χ1) is 7.88. The van der Waals surface area contributed by atoms with Crippen molar-refractivity contribution in [2.45, 2.75) is 38.1 Å². The van der Waals surface area contributed by atoms with Gasteiger partial charge < -0.3 is 14.7 Å². The fourth-order valence-corrected chi connectivity index (χ4v) is 2.44. The number of hydrogen-bond donors (Lipinski definition) is 1. The highest BCUT2D eigenvalue weighted by molar-refractivity contribution is 6.17. The molecule has 0 bridgehead atoms. The summed E-state index contributed by atoms with van der Waals surface area (Å²) in [6.45, 7) is 3.97. The molecule has 0 amide bonds. The first kappa shape index (κ1) is 14.2. The molecule has 1 aliphatic rings. The molecule has 1 heterocycles. The summed E-state index contributed by atoms with van der Waals surface area (Å²) < 4.78 is 5.43. The van der Waals surface area contributed by atoms with Crippen molar-refractivity contribution in [3.63, 3.8) is 0 Å². The zero-order valence-electron chi connectivity index (χ0n) is 10.0. The maximum absolute atomic E-state index is 8.86. The van der Waals surface area contributed by atoms with Crippen LogP contribution in [-0.4, -0.2) is 54.8 Å². The molecule has 1 atom stereocenters. The predicted molar refractivity (Wildman–Crippen MR) is 67.1 cm³/mol. The first-order valence-electron chi connectivity index (χ1n) is 6.37. The molecule has 1 fully saturated rings. The minimum absolute atomic E-state index is 0.298. The Balaban J connectivity index is 2.18.